The van der Waals surface area contributed by atoms with E-state index in [-0.39, 0.29) is 17.4 Å². The van der Waals surface area contributed by atoms with Crippen LogP contribution in [0.5, 0.6) is 17.4 Å². The number of nitrogens with zero attached hydrogens (tertiary/aromatic N) is 3. The van der Waals surface area contributed by atoms with Gasteiger partial charge in [0.15, 0.2) is 5.82 Å². The summed E-state index contributed by atoms with van der Waals surface area (Å²) < 4.78 is 10.6. The molecule has 0 aliphatic carbocycles. The average molecular weight is 242 g/mol. The molecule has 0 atom stereocenters. The van der Waals surface area contributed by atoms with Gasteiger partial charge < -0.3 is 15.2 Å². The molecule has 0 saturated heterocycles. The molecule has 90 valence electrons. The van der Waals surface area contributed by atoms with Crippen molar-refractivity contribution in [2.45, 2.75) is 0 Å². The molecule has 2 rings (SSSR count). The summed E-state index contributed by atoms with van der Waals surface area (Å²) >= 11 is 0. The molecule has 0 amide bonds. The Morgan fingerprint density at radius 2 is 2.17 bits per heavy atom. The maximum absolute atomic E-state index is 8.80. The second kappa shape index (κ2) is 5.01. The lowest BCUT2D eigenvalue weighted by atomic mass is 10.2. The van der Waals surface area contributed by atoms with Crippen LogP contribution in [-0.2, 0) is 0 Å². The molecule has 0 fully saturated rings. The van der Waals surface area contributed by atoms with Crippen molar-refractivity contribution < 1.29 is 9.47 Å². The molecular formula is C12H10N4O2. The number of nitrogen functional groups attached to an aromatic ring is 1. The number of ether oxygens (including phenoxy) is 2. The van der Waals surface area contributed by atoms with Crippen molar-refractivity contribution in [1.82, 2.24) is 9.97 Å². The minimum atomic E-state index is 0.193. The maximum atomic E-state index is 8.80. The van der Waals surface area contributed by atoms with E-state index in [0.717, 1.165) is 0 Å². The molecule has 0 aliphatic rings. The van der Waals surface area contributed by atoms with Crippen LogP contribution in [0.25, 0.3) is 0 Å². The highest BCUT2D eigenvalue weighted by atomic mass is 16.5. The van der Waals surface area contributed by atoms with Crippen molar-refractivity contribution in [2.24, 2.45) is 0 Å². The van der Waals surface area contributed by atoms with Crippen molar-refractivity contribution in [3.63, 3.8) is 0 Å². The molecule has 0 aliphatic heterocycles. The first-order valence-electron chi connectivity index (χ1n) is 5.07. The Kier molecular flexibility index (Phi) is 3.25. The lowest BCUT2D eigenvalue weighted by Gasteiger charge is -2.09. The second-order valence-corrected chi connectivity index (χ2v) is 3.34. The van der Waals surface area contributed by atoms with Crippen LogP contribution in [0.4, 0.5) is 5.82 Å². The molecule has 0 radical (unpaired) electrons. The number of aromatic nitrogens is 2. The number of anilines is 1. The molecule has 1 aromatic carbocycles. The Morgan fingerprint density at radius 1 is 1.33 bits per heavy atom. The van der Waals surface area contributed by atoms with E-state index in [2.05, 4.69) is 9.97 Å². The van der Waals surface area contributed by atoms with Gasteiger partial charge in [-0.05, 0) is 18.2 Å². The van der Waals surface area contributed by atoms with Gasteiger partial charge in [-0.1, -0.05) is 6.07 Å². The first-order valence-corrected chi connectivity index (χ1v) is 5.07. The SMILES string of the molecule is COc1c(N)ncnc1Oc1cccc(C#N)c1. The van der Waals surface area contributed by atoms with Crippen LogP contribution in [0.15, 0.2) is 30.6 Å². The van der Waals surface area contributed by atoms with E-state index < -0.39 is 0 Å². The third-order valence-electron chi connectivity index (χ3n) is 2.18. The topological polar surface area (TPSA) is 94.1 Å². The van der Waals surface area contributed by atoms with Gasteiger partial charge in [0.2, 0.25) is 5.75 Å². The standard InChI is InChI=1S/C12H10N4O2/c1-17-10-11(14)15-7-16-12(10)18-9-4-2-3-8(5-9)6-13/h2-5,7H,1H3,(H2,14,15,16). The summed E-state index contributed by atoms with van der Waals surface area (Å²) in [7, 11) is 1.45. The lowest BCUT2D eigenvalue weighted by molar-refractivity contribution is 0.369. The largest absolute Gasteiger partial charge is 0.489 e. The van der Waals surface area contributed by atoms with Gasteiger partial charge >= 0.3 is 0 Å². The van der Waals surface area contributed by atoms with Gasteiger partial charge in [-0.3, -0.25) is 0 Å². The van der Waals surface area contributed by atoms with Crippen molar-refractivity contribution in [1.29, 1.82) is 5.26 Å². The molecule has 2 N–H and O–H groups in total. The van der Waals surface area contributed by atoms with Crippen LogP contribution in [0.2, 0.25) is 0 Å². The third-order valence-corrected chi connectivity index (χ3v) is 2.18. The summed E-state index contributed by atoms with van der Waals surface area (Å²) in [5.41, 5.74) is 6.13. The number of hydrogen-bond donors (Lipinski definition) is 1. The Hall–Kier alpha value is -2.81. The fourth-order valence-electron chi connectivity index (χ4n) is 1.38. The summed E-state index contributed by atoms with van der Waals surface area (Å²) in [6.45, 7) is 0. The van der Waals surface area contributed by atoms with Gasteiger partial charge in [-0.15, -0.1) is 0 Å². The van der Waals surface area contributed by atoms with Crippen molar-refractivity contribution in [2.75, 3.05) is 12.8 Å². The maximum Gasteiger partial charge on any atom is 0.268 e. The van der Waals surface area contributed by atoms with Crippen molar-refractivity contribution in [3.05, 3.63) is 36.2 Å². The van der Waals surface area contributed by atoms with E-state index in [4.69, 9.17) is 20.5 Å². The molecule has 6 heteroatoms. The highest BCUT2D eigenvalue weighted by Crippen LogP contribution is 2.32. The smallest absolute Gasteiger partial charge is 0.268 e. The Balaban J connectivity index is 2.34. The molecule has 2 aromatic rings. The Morgan fingerprint density at radius 3 is 2.89 bits per heavy atom. The lowest BCUT2D eigenvalue weighted by Crippen LogP contribution is -2.00. The van der Waals surface area contributed by atoms with Gasteiger partial charge in [-0.25, -0.2) is 4.98 Å². The van der Waals surface area contributed by atoms with Gasteiger partial charge in [0, 0.05) is 0 Å². The Bertz CT molecular complexity index is 607. The van der Waals surface area contributed by atoms with Gasteiger partial charge in [0.25, 0.3) is 5.88 Å². The van der Waals surface area contributed by atoms with E-state index in [9.17, 15) is 0 Å². The van der Waals surface area contributed by atoms with Crippen LogP contribution in [0.3, 0.4) is 0 Å². The molecule has 1 heterocycles. The van der Waals surface area contributed by atoms with Gasteiger partial charge in [0.1, 0.15) is 12.1 Å². The van der Waals surface area contributed by atoms with Crippen LogP contribution in [0.1, 0.15) is 5.56 Å². The summed E-state index contributed by atoms with van der Waals surface area (Å²) in [6, 6.07) is 8.72. The Labute approximate surface area is 104 Å². The number of methoxy groups -OCH3 is 1. The summed E-state index contributed by atoms with van der Waals surface area (Å²) in [6.07, 6.45) is 1.28. The third kappa shape index (κ3) is 2.30. The van der Waals surface area contributed by atoms with Crippen LogP contribution < -0.4 is 15.2 Å². The zero-order chi connectivity index (χ0) is 13.0. The van der Waals surface area contributed by atoms with Crippen molar-refractivity contribution >= 4 is 5.82 Å². The fourth-order valence-corrected chi connectivity index (χ4v) is 1.38. The molecule has 6 nitrogen and oxygen atoms in total. The quantitative estimate of drug-likeness (QED) is 0.880. The monoisotopic (exact) mass is 242 g/mol. The zero-order valence-corrected chi connectivity index (χ0v) is 9.62. The molecule has 0 unspecified atom stereocenters. The molecule has 0 saturated carbocycles. The predicted octanol–water partition coefficient (Wildman–Crippen LogP) is 1.73. The molecule has 0 bridgehead atoms. The number of rotatable bonds is 3. The van der Waals surface area contributed by atoms with Crippen LogP contribution >= 0.6 is 0 Å². The van der Waals surface area contributed by atoms with Gasteiger partial charge in [-0.2, -0.15) is 10.2 Å². The van der Waals surface area contributed by atoms with E-state index in [1.165, 1.54) is 13.4 Å². The van der Waals surface area contributed by atoms with E-state index >= 15 is 0 Å². The summed E-state index contributed by atoms with van der Waals surface area (Å²) in [5, 5.41) is 8.80. The molecule has 1 aromatic heterocycles. The van der Waals surface area contributed by atoms with Gasteiger partial charge in [0.05, 0.1) is 18.7 Å². The van der Waals surface area contributed by atoms with E-state index in [1.54, 1.807) is 24.3 Å². The first kappa shape index (κ1) is 11.7. The summed E-state index contributed by atoms with van der Waals surface area (Å²) in [4.78, 5) is 7.74. The minimum absolute atomic E-state index is 0.193. The number of nitrogens with two attached hydrogens (primary N) is 1. The fraction of sp³-hybridized carbons (Fsp3) is 0.0833. The average Bonchev–Trinajstić information content (AvgIpc) is 2.39. The predicted molar refractivity (Wildman–Crippen MR) is 64.2 cm³/mol. The minimum Gasteiger partial charge on any atom is -0.489 e. The highest BCUT2D eigenvalue weighted by molar-refractivity contribution is 5.52. The van der Waals surface area contributed by atoms with E-state index in [1.807, 2.05) is 6.07 Å². The van der Waals surface area contributed by atoms with Crippen LogP contribution in [-0.4, -0.2) is 17.1 Å². The number of benzene rings is 1. The number of nitriles is 1. The summed E-state index contributed by atoms with van der Waals surface area (Å²) in [5.74, 6) is 1.14. The molecule has 0 spiro atoms. The zero-order valence-electron chi connectivity index (χ0n) is 9.62. The number of hydrogen-bond acceptors (Lipinski definition) is 6. The van der Waals surface area contributed by atoms with E-state index in [0.29, 0.717) is 11.3 Å². The second-order valence-electron chi connectivity index (χ2n) is 3.34. The van der Waals surface area contributed by atoms with Crippen LogP contribution in [0, 0.1) is 11.3 Å². The highest BCUT2D eigenvalue weighted by Gasteiger charge is 2.11. The van der Waals surface area contributed by atoms with Crippen molar-refractivity contribution in [3.8, 4) is 23.4 Å². The first-order chi connectivity index (χ1) is 8.74. The molecular weight excluding hydrogens is 232 g/mol. The normalized spacial score (nSPS) is 9.56. The molecule has 18 heavy (non-hydrogen) atoms.